The molecule has 7 nitrogen and oxygen atoms in total. The van der Waals surface area contributed by atoms with E-state index in [9.17, 15) is 0 Å². The van der Waals surface area contributed by atoms with Gasteiger partial charge in [-0.3, -0.25) is 0 Å². The van der Waals surface area contributed by atoms with Crippen molar-refractivity contribution in [3.05, 3.63) is 0 Å². The zero-order valence-corrected chi connectivity index (χ0v) is 10.5. The summed E-state index contributed by atoms with van der Waals surface area (Å²) >= 11 is 0. The second kappa shape index (κ2) is 231. The van der Waals surface area contributed by atoms with Gasteiger partial charge in [0.15, 0.2) is 0 Å². The van der Waals surface area contributed by atoms with Crippen LogP contribution in [-0.4, -0.2) is 38.3 Å². The Kier molecular flexibility index (Phi) is 8130. The Morgan fingerprint density at radius 3 is 0.333 bits per heavy atom. The molecule has 0 aliphatic rings. The molecule has 0 aromatic heterocycles. The maximum absolute atomic E-state index is 0. The van der Waals surface area contributed by atoms with Gasteiger partial charge in [0, 0.05) is 0 Å². The number of rotatable bonds is 0. The Hall–Kier alpha value is 1.82. The zero-order valence-electron chi connectivity index (χ0n) is 4.88. The van der Waals surface area contributed by atoms with E-state index < -0.39 is 0 Å². The molecule has 0 saturated heterocycles. The summed E-state index contributed by atoms with van der Waals surface area (Å²) in [6.45, 7) is 0. The average Bonchev–Trinajstić information content (AvgIpc) is 0. The average molecular weight is 247 g/mol. The van der Waals surface area contributed by atoms with Gasteiger partial charge in [-0.2, -0.15) is 0 Å². The molecule has 0 radical (unpaired) electrons. The standard InChI is InChI=1S/ClH.7H2O.Rb/h1H;7*1H2;/q;;;;;;;;+1/p-1. The summed E-state index contributed by atoms with van der Waals surface area (Å²) in [5.74, 6) is 0. The third-order valence-electron chi connectivity index (χ3n) is 0. The maximum Gasteiger partial charge on any atom is 1.00 e. The van der Waals surface area contributed by atoms with E-state index in [-0.39, 0.29) is 109 Å². The molecule has 0 saturated carbocycles. The molecule has 0 amide bonds. The van der Waals surface area contributed by atoms with Crippen LogP contribution in [0.1, 0.15) is 0 Å². The van der Waals surface area contributed by atoms with Crippen LogP contribution >= 0.6 is 0 Å². The summed E-state index contributed by atoms with van der Waals surface area (Å²) in [6, 6.07) is 0. The fourth-order valence-electron chi connectivity index (χ4n) is 0. The van der Waals surface area contributed by atoms with Crippen molar-refractivity contribution in [1.29, 1.82) is 0 Å². The van der Waals surface area contributed by atoms with Gasteiger partial charge in [0.25, 0.3) is 0 Å². The van der Waals surface area contributed by atoms with Crippen LogP contribution in [0.2, 0.25) is 0 Å². The second-order valence-electron chi connectivity index (χ2n) is 0. The van der Waals surface area contributed by atoms with Gasteiger partial charge in [-0.1, -0.05) is 0 Å². The van der Waals surface area contributed by atoms with Crippen LogP contribution in [0.15, 0.2) is 0 Å². The summed E-state index contributed by atoms with van der Waals surface area (Å²) < 4.78 is 0. The molecule has 0 rings (SSSR count). The molecule has 0 fully saturated rings. The van der Waals surface area contributed by atoms with E-state index in [1.807, 2.05) is 0 Å². The van der Waals surface area contributed by atoms with Crippen LogP contribution in [0.3, 0.4) is 0 Å². The molecule has 0 aliphatic heterocycles. The Morgan fingerprint density at radius 1 is 0.333 bits per heavy atom. The quantitative estimate of drug-likeness (QED) is 0.388. The van der Waals surface area contributed by atoms with E-state index in [4.69, 9.17) is 0 Å². The van der Waals surface area contributed by atoms with Crippen molar-refractivity contribution in [1.82, 2.24) is 0 Å². The summed E-state index contributed by atoms with van der Waals surface area (Å²) in [5.41, 5.74) is 0. The van der Waals surface area contributed by atoms with Crippen LogP contribution in [0.4, 0.5) is 0 Å². The minimum absolute atomic E-state index is 0. The van der Waals surface area contributed by atoms with Crippen LogP contribution in [0, 0.1) is 0 Å². The number of halogens is 1. The first-order chi connectivity index (χ1) is 0. The summed E-state index contributed by atoms with van der Waals surface area (Å²) in [7, 11) is 0. The van der Waals surface area contributed by atoms with Gasteiger partial charge in [-0.15, -0.1) is 0 Å². The Balaban J connectivity index is 0. The molecule has 0 aromatic rings. The summed E-state index contributed by atoms with van der Waals surface area (Å²) in [4.78, 5) is 0. The smallest absolute Gasteiger partial charge is 1.00 e. The van der Waals surface area contributed by atoms with Crippen molar-refractivity contribution in [3.8, 4) is 0 Å². The van der Waals surface area contributed by atoms with Crippen LogP contribution < -0.4 is 70.6 Å². The van der Waals surface area contributed by atoms with Crippen molar-refractivity contribution >= 4 is 0 Å². The topological polar surface area (TPSA) is 220 Å². The van der Waals surface area contributed by atoms with Gasteiger partial charge in [0.05, 0.1) is 0 Å². The molecular formula is H14ClO7Rb. The molecular weight excluding hydrogens is 233 g/mol. The van der Waals surface area contributed by atoms with E-state index >= 15 is 0 Å². The number of hydrogen-bond donors (Lipinski definition) is 0. The predicted octanol–water partition coefficient (Wildman–Crippen LogP) is -11.8. The molecule has 0 bridgehead atoms. The molecule has 0 spiro atoms. The molecule has 0 aliphatic carbocycles. The van der Waals surface area contributed by atoms with Crippen molar-refractivity contribution < 1.29 is 109 Å². The van der Waals surface area contributed by atoms with Crippen LogP contribution in [0.25, 0.3) is 0 Å². The van der Waals surface area contributed by atoms with Gasteiger partial charge in [-0.05, 0) is 0 Å². The van der Waals surface area contributed by atoms with Gasteiger partial charge in [0.2, 0.25) is 0 Å². The molecule has 9 heteroatoms. The molecule has 0 aromatic carbocycles. The Morgan fingerprint density at radius 2 is 0.333 bits per heavy atom. The third kappa shape index (κ3) is 182. The van der Waals surface area contributed by atoms with Crippen molar-refractivity contribution in [2.75, 3.05) is 0 Å². The molecule has 0 atom stereocenters. The minimum Gasteiger partial charge on any atom is -1.00 e. The maximum atomic E-state index is 0. The van der Waals surface area contributed by atoms with Crippen LogP contribution in [-0.2, 0) is 0 Å². The van der Waals surface area contributed by atoms with Gasteiger partial charge < -0.3 is 50.7 Å². The third-order valence-corrected chi connectivity index (χ3v) is 0. The van der Waals surface area contributed by atoms with Crippen molar-refractivity contribution in [3.63, 3.8) is 0 Å². The predicted molar refractivity (Wildman–Crippen MR) is 25.3 cm³/mol. The molecule has 9 heavy (non-hydrogen) atoms. The monoisotopic (exact) mass is 246 g/mol. The normalized spacial score (nSPS) is 0. The number of hydrogen-bond acceptors (Lipinski definition) is 0. The van der Waals surface area contributed by atoms with Crippen molar-refractivity contribution in [2.45, 2.75) is 0 Å². The molecule has 64 valence electrons. The fourth-order valence-corrected chi connectivity index (χ4v) is 0. The first-order valence-corrected chi connectivity index (χ1v) is 0. The first kappa shape index (κ1) is 316. The first-order valence-electron chi connectivity index (χ1n) is 0. The summed E-state index contributed by atoms with van der Waals surface area (Å²) in [6.07, 6.45) is 0. The molecule has 0 unspecified atom stereocenters. The molecule has 0 heterocycles. The van der Waals surface area contributed by atoms with E-state index in [0.29, 0.717) is 0 Å². The Labute approximate surface area is 107 Å². The Bertz CT molecular complexity index is 8.88. The van der Waals surface area contributed by atoms with Crippen LogP contribution in [0.5, 0.6) is 0 Å². The fraction of sp³-hybridized carbons (Fsp3) is 0. The molecule has 14 N–H and O–H groups in total. The van der Waals surface area contributed by atoms with Gasteiger partial charge >= 0.3 is 58.2 Å². The second-order valence-corrected chi connectivity index (χ2v) is 0. The zero-order chi connectivity index (χ0) is 0. The SMILES string of the molecule is O.O.O.O.O.O.O.[Cl-].[Rb+]. The van der Waals surface area contributed by atoms with Gasteiger partial charge in [-0.25, -0.2) is 0 Å². The minimum atomic E-state index is 0. The van der Waals surface area contributed by atoms with Crippen molar-refractivity contribution in [2.24, 2.45) is 0 Å². The van der Waals surface area contributed by atoms with Gasteiger partial charge in [0.1, 0.15) is 0 Å². The van der Waals surface area contributed by atoms with E-state index in [1.165, 1.54) is 0 Å². The largest absolute Gasteiger partial charge is 1.00 e. The summed E-state index contributed by atoms with van der Waals surface area (Å²) in [5, 5.41) is 0. The van der Waals surface area contributed by atoms with E-state index in [2.05, 4.69) is 0 Å². The van der Waals surface area contributed by atoms with E-state index in [1.54, 1.807) is 0 Å². The van der Waals surface area contributed by atoms with E-state index in [0.717, 1.165) is 0 Å².